The van der Waals surface area contributed by atoms with Crippen molar-refractivity contribution in [3.63, 3.8) is 0 Å². The minimum atomic E-state index is -4.39. The molecule has 124 valence electrons. The van der Waals surface area contributed by atoms with Gasteiger partial charge in [0.05, 0.1) is 11.1 Å². The molecule has 0 aliphatic rings. The molecular formula is C16H10F4N2OS. The van der Waals surface area contributed by atoms with Gasteiger partial charge in [0, 0.05) is 5.75 Å². The minimum absolute atomic E-state index is 0.0274. The Labute approximate surface area is 138 Å². The van der Waals surface area contributed by atoms with Gasteiger partial charge >= 0.3 is 6.18 Å². The number of hydrogen-bond donors (Lipinski definition) is 0. The van der Waals surface area contributed by atoms with E-state index in [4.69, 9.17) is 4.42 Å². The molecule has 0 spiro atoms. The summed E-state index contributed by atoms with van der Waals surface area (Å²) in [6, 6.07) is 11.0. The van der Waals surface area contributed by atoms with E-state index in [1.807, 2.05) is 0 Å². The number of benzene rings is 2. The Morgan fingerprint density at radius 1 is 1.00 bits per heavy atom. The molecule has 0 aliphatic heterocycles. The molecule has 0 N–H and O–H groups in total. The lowest BCUT2D eigenvalue weighted by Crippen LogP contribution is -2.04. The molecule has 0 unspecified atom stereocenters. The summed E-state index contributed by atoms with van der Waals surface area (Å²) in [5.74, 6) is -0.238. The van der Waals surface area contributed by atoms with Crippen LogP contribution in [0, 0.1) is 5.82 Å². The van der Waals surface area contributed by atoms with Crippen LogP contribution in [0.3, 0.4) is 0 Å². The zero-order valence-electron chi connectivity index (χ0n) is 12.0. The first-order valence-electron chi connectivity index (χ1n) is 6.81. The van der Waals surface area contributed by atoms with Gasteiger partial charge in [0.1, 0.15) is 5.82 Å². The van der Waals surface area contributed by atoms with E-state index >= 15 is 0 Å². The van der Waals surface area contributed by atoms with Gasteiger partial charge in [-0.1, -0.05) is 42.1 Å². The van der Waals surface area contributed by atoms with Gasteiger partial charge in [0.15, 0.2) is 0 Å². The molecule has 8 heteroatoms. The van der Waals surface area contributed by atoms with Gasteiger partial charge in [0.25, 0.3) is 11.1 Å². The molecule has 24 heavy (non-hydrogen) atoms. The van der Waals surface area contributed by atoms with Crippen LogP contribution in [0.2, 0.25) is 0 Å². The van der Waals surface area contributed by atoms with Crippen LogP contribution in [-0.2, 0) is 11.9 Å². The largest absolute Gasteiger partial charge is 0.416 e. The summed E-state index contributed by atoms with van der Waals surface area (Å²) in [7, 11) is 0. The summed E-state index contributed by atoms with van der Waals surface area (Å²) >= 11 is 1.08. The van der Waals surface area contributed by atoms with Crippen LogP contribution < -0.4 is 0 Å². The number of nitrogens with zero attached hydrogens (tertiary/aromatic N) is 2. The molecule has 1 aromatic heterocycles. The second-order valence-electron chi connectivity index (χ2n) is 4.84. The van der Waals surface area contributed by atoms with Crippen molar-refractivity contribution in [3.05, 3.63) is 65.5 Å². The van der Waals surface area contributed by atoms with Crippen LogP contribution in [0.4, 0.5) is 17.6 Å². The Bertz CT molecular complexity index is 848. The average molecular weight is 354 g/mol. The summed E-state index contributed by atoms with van der Waals surface area (Å²) in [6.45, 7) is 0. The molecular weight excluding hydrogens is 344 g/mol. The van der Waals surface area contributed by atoms with E-state index in [9.17, 15) is 17.6 Å². The number of alkyl halides is 3. The van der Waals surface area contributed by atoms with E-state index in [0.29, 0.717) is 5.56 Å². The highest BCUT2D eigenvalue weighted by Crippen LogP contribution is 2.31. The Kier molecular flexibility index (Phi) is 4.57. The minimum Gasteiger partial charge on any atom is -0.411 e. The zero-order valence-corrected chi connectivity index (χ0v) is 12.9. The molecule has 0 fully saturated rings. The van der Waals surface area contributed by atoms with Crippen molar-refractivity contribution in [3.8, 4) is 11.5 Å². The lowest BCUT2D eigenvalue weighted by molar-refractivity contribution is -0.137. The predicted molar refractivity (Wildman–Crippen MR) is 80.7 cm³/mol. The van der Waals surface area contributed by atoms with Crippen molar-refractivity contribution in [1.29, 1.82) is 0 Å². The quantitative estimate of drug-likeness (QED) is 0.478. The second kappa shape index (κ2) is 6.64. The van der Waals surface area contributed by atoms with Gasteiger partial charge in [0.2, 0.25) is 0 Å². The van der Waals surface area contributed by atoms with Crippen molar-refractivity contribution in [2.75, 3.05) is 0 Å². The molecule has 0 amide bonds. The molecule has 3 rings (SSSR count). The van der Waals surface area contributed by atoms with Gasteiger partial charge in [-0.25, -0.2) is 4.39 Å². The maximum absolute atomic E-state index is 13.7. The zero-order chi connectivity index (χ0) is 17.2. The molecule has 3 nitrogen and oxygen atoms in total. The normalized spacial score (nSPS) is 11.7. The van der Waals surface area contributed by atoms with Gasteiger partial charge < -0.3 is 4.42 Å². The molecule has 3 aromatic rings. The van der Waals surface area contributed by atoms with Crippen molar-refractivity contribution in [2.24, 2.45) is 0 Å². The first-order valence-corrected chi connectivity index (χ1v) is 7.79. The highest BCUT2D eigenvalue weighted by molar-refractivity contribution is 7.98. The standard InChI is InChI=1S/C16H10F4N2OS/c17-13-7-2-1-6-12(13)14-21-22-15(23-14)24-9-10-4-3-5-11(8-10)16(18,19)20/h1-8H,9H2. The highest BCUT2D eigenvalue weighted by atomic mass is 32.2. The Morgan fingerprint density at radius 2 is 1.79 bits per heavy atom. The summed E-state index contributed by atoms with van der Waals surface area (Å²) < 4.78 is 57.0. The predicted octanol–water partition coefficient (Wildman–Crippen LogP) is 5.19. The topological polar surface area (TPSA) is 38.9 Å². The summed E-state index contributed by atoms with van der Waals surface area (Å²) in [5.41, 5.74) is -0.0606. The molecule has 0 atom stereocenters. The van der Waals surface area contributed by atoms with E-state index in [-0.39, 0.29) is 22.4 Å². The molecule has 2 aromatic carbocycles. The van der Waals surface area contributed by atoms with E-state index < -0.39 is 17.6 Å². The van der Waals surface area contributed by atoms with Crippen LogP contribution in [-0.4, -0.2) is 10.2 Å². The van der Waals surface area contributed by atoms with Crippen molar-refractivity contribution < 1.29 is 22.0 Å². The summed E-state index contributed by atoms with van der Waals surface area (Å²) in [4.78, 5) is 0. The van der Waals surface area contributed by atoms with Gasteiger partial charge in [-0.05, 0) is 23.8 Å². The van der Waals surface area contributed by atoms with Crippen LogP contribution in [0.15, 0.2) is 58.2 Å². The number of aromatic nitrogens is 2. The lowest BCUT2D eigenvalue weighted by Gasteiger charge is -2.07. The van der Waals surface area contributed by atoms with Crippen LogP contribution in [0.25, 0.3) is 11.5 Å². The second-order valence-corrected chi connectivity index (χ2v) is 5.77. The Hall–Kier alpha value is -2.35. The van der Waals surface area contributed by atoms with Crippen LogP contribution in [0.1, 0.15) is 11.1 Å². The monoisotopic (exact) mass is 354 g/mol. The fraction of sp³-hybridized carbons (Fsp3) is 0.125. The third-order valence-electron chi connectivity index (χ3n) is 3.13. The van der Waals surface area contributed by atoms with E-state index in [1.165, 1.54) is 18.2 Å². The summed E-state index contributed by atoms with van der Waals surface area (Å²) in [5, 5.41) is 7.69. The SMILES string of the molecule is Fc1ccccc1-c1nnc(SCc2cccc(C(F)(F)F)c2)o1. The number of hydrogen-bond acceptors (Lipinski definition) is 4. The lowest BCUT2D eigenvalue weighted by atomic mass is 10.1. The fourth-order valence-corrected chi connectivity index (χ4v) is 2.70. The van der Waals surface area contributed by atoms with Gasteiger partial charge in [-0.15, -0.1) is 10.2 Å². The van der Waals surface area contributed by atoms with Gasteiger partial charge in [-0.3, -0.25) is 0 Å². The Morgan fingerprint density at radius 3 is 2.54 bits per heavy atom. The van der Waals surface area contributed by atoms with Gasteiger partial charge in [-0.2, -0.15) is 13.2 Å². The molecule has 0 saturated carbocycles. The highest BCUT2D eigenvalue weighted by Gasteiger charge is 2.30. The van der Waals surface area contributed by atoms with E-state index in [1.54, 1.807) is 18.2 Å². The number of thioether (sulfide) groups is 1. The van der Waals surface area contributed by atoms with Crippen molar-refractivity contribution in [1.82, 2.24) is 10.2 Å². The maximum atomic E-state index is 13.7. The molecule has 0 radical (unpaired) electrons. The molecule has 0 saturated heterocycles. The molecule has 0 bridgehead atoms. The van der Waals surface area contributed by atoms with Crippen molar-refractivity contribution >= 4 is 11.8 Å². The third-order valence-corrected chi connectivity index (χ3v) is 4.02. The summed E-state index contributed by atoms with van der Waals surface area (Å²) in [6.07, 6.45) is -4.39. The maximum Gasteiger partial charge on any atom is 0.416 e. The number of rotatable bonds is 4. The number of halogens is 4. The van der Waals surface area contributed by atoms with Crippen LogP contribution >= 0.6 is 11.8 Å². The molecule has 0 aliphatic carbocycles. The average Bonchev–Trinajstić information content (AvgIpc) is 3.02. The Balaban J connectivity index is 1.71. The smallest absolute Gasteiger partial charge is 0.411 e. The van der Waals surface area contributed by atoms with E-state index in [2.05, 4.69) is 10.2 Å². The van der Waals surface area contributed by atoms with Crippen molar-refractivity contribution in [2.45, 2.75) is 17.2 Å². The first kappa shape index (κ1) is 16.5. The van der Waals surface area contributed by atoms with Crippen LogP contribution in [0.5, 0.6) is 0 Å². The van der Waals surface area contributed by atoms with E-state index in [0.717, 1.165) is 23.9 Å². The third kappa shape index (κ3) is 3.76. The first-order chi connectivity index (χ1) is 11.4. The fourth-order valence-electron chi connectivity index (χ4n) is 1.99. The molecule has 1 heterocycles.